The molecule has 0 amide bonds. The molecule has 0 radical (unpaired) electrons. The van der Waals surface area contributed by atoms with Crippen LogP contribution in [0.5, 0.6) is 11.5 Å². The largest absolute Gasteiger partial charge is 0.507 e. The van der Waals surface area contributed by atoms with Gasteiger partial charge in [-0.15, -0.1) is 0 Å². The molecule has 0 aliphatic heterocycles. The van der Waals surface area contributed by atoms with E-state index in [1.54, 1.807) is 52.0 Å². The number of aliphatic carboxylic acids is 1. The van der Waals surface area contributed by atoms with Crippen molar-refractivity contribution in [3.63, 3.8) is 0 Å². The van der Waals surface area contributed by atoms with Gasteiger partial charge in [0.05, 0.1) is 0 Å². The smallest absolute Gasteiger partial charge is 0.315 e. The van der Waals surface area contributed by atoms with E-state index in [2.05, 4.69) is 0 Å². The molecule has 0 fully saturated rings. The highest BCUT2D eigenvalue weighted by atomic mass is 16.4. The first-order valence-electron chi connectivity index (χ1n) is 7.05. The van der Waals surface area contributed by atoms with Crippen LogP contribution >= 0.6 is 0 Å². The van der Waals surface area contributed by atoms with Crippen molar-refractivity contribution >= 4 is 5.97 Å². The second kappa shape index (κ2) is 5.72. The molecule has 22 heavy (non-hydrogen) atoms. The Labute approximate surface area is 129 Å². The minimum atomic E-state index is -0.964. The minimum Gasteiger partial charge on any atom is -0.507 e. The number of hydrogen-bond donors (Lipinski definition) is 3. The van der Waals surface area contributed by atoms with E-state index >= 15 is 0 Å². The number of phenolic OH excluding ortho intramolecular Hbond substituents is 2. The van der Waals surface area contributed by atoms with Crippen molar-refractivity contribution in [2.45, 2.75) is 33.6 Å². The average Bonchev–Trinajstić information content (AvgIpc) is 2.41. The lowest BCUT2D eigenvalue weighted by molar-refractivity contribution is -0.137. The maximum atomic E-state index is 11.8. The van der Waals surface area contributed by atoms with E-state index in [0.717, 1.165) is 0 Å². The van der Waals surface area contributed by atoms with Gasteiger partial charge in [0.1, 0.15) is 17.4 Å². The lowest BCUT2D eigenvalue weighted by Gasteiger charge is -2.18. The molecule has 0 spiro atoms. The Balaban J connectivity index is 2.64. The lowest BCUT2D eigenvalue weighted by atomic mass is 9.87. The third-order valence-electron chi connectivity index (χ3n) is 3.94. The van der Waals surface area contributed by atoms with Crippen molar-refractivity contribution in [1.82, 2.24) is 0 Å². The summed E-state index contributed by atoms with van der Waals surface area (Å²) in [6, 6.07) is 6.77. The topological polar surface area (TPSA) is 77.8 Å². The fourth-order valence-electron chi connectivity index (χ4n) is 2.79. The molecule has 0 saturated heterocycles. The third kappa shape index (κ3) is 2.77. The Morgan fingerprint density at radius 1 is 0.773 bits per heavy atom. The summed E-state index contributed by atoms with van der Waals surface area (Å²) in [5.74, 6) is -1.43. The highest BCUT2D eigenvalue weighted by molar-refractivity contribution is 5.81. The molecule has 0 atom stereocenters. The molecule has 0 saturated carbocycles. The van der Waals surface area contributed by atoms with Crippen LogP contribution in [0.25, 0.3) is 0 Å². The lowest BCUT2D eigenvalue weighted by Crippen LogP contribution is -2.14. The van der Waals surface area contributed by atoms with Gasteiger partial charge in [-0.2, -0.15) is 0 Å². The van der Waals surface area contributed by atoms with Crippen molar-refractivity contribution in [1.29, 1.82) is 0 Å². The number of benzene rings is 2. The Morgan fingerprint density at radius 3 is 1.27 bits per heavy atom. The Morgan fingerprint density at radius 2 is 1.05 bits per heavy atom. The van der Waals surface area contributed by atoms with Crippen LogP contribution in [0.15, 0.2) is 24.3 Å². The van der Waals surface area contributed by atoms with Crippen LogP contribution in [-0.2, 0) is 4.79 Å². The standard InChI is InChI=1S/C18H20O4/c1-9-5-13(6-10(2)16(9)19)15(18(21)22)14-7-11(3)17(20)12(4)8-14/h5-8,15,19-20H,1-4H3,(H,21,22). The molecule has 4 nitrogen and oxygen atoms in total. The van der Waals surface area contributed by atoms with Crippen molar-refractivity contribution in [2.24, 2.45) is 0 Å². The number of rotatable bonds is 3. The van der Waals surface area contributed by atoms with Gasteiger partial charge >= 0.3 is 5.97 Å². The van der Waals surface area contributed by atoms with Crippen LogP contribution in [0.3, 0.4) is 0 Å². The Bertz CT molecular complexity index is 643. The van der Waals surface area contributed by atoms with E-state index in [1.807, 2.05) is 0 Å². The first kappa shape index (κ1) is 15.9. The van der Waals surface area contributed by atoms with Crippen LogP contribution in [0.4, 0.5) is 0 Å². The van der Waals surface area contributed by atoms with Crippen LogP contribution in [-0.4, -0.2) is 21.3 Å². The van der Waals surface area contributed by atoms with Crippen LogP contribution in [0, 0.1) is 27.7 Å². The van der Waals surface area contributed by atoms with Gasteiger partial charge in [-0.05, 0) is 61.1 Å². The fourth-order valence-corrected chi connectivity index (χ4v) is 2.79. The predicted molar refractivity (Wildman–Crippen MR) is 84.6 cm³/mol. The summed E-state index contributed by atoms with van der Waals surface area (Å²) in [6.07, 6.45) is 0. The van der Waals surface area contributed by atoms with Crippen molar-refractivity contribution < 1.29 is 20.1 Å². The number of hydrogen-bond acceptors (Lipinski definition) is 3. The van der Waals surface area contributed by atoms with Gasteiger partial charge in [0.2, 0.25) is 0 Å². The summed E-state index contributed by atoms with van der Waals surface area (Å²) in [5.41, 5.74) is 3.82. The number of carboxylic acids is 1. The van der Waals surface area contributed by atoms with Gasteiger partial charge < -0.3 is 15.3 Å². The summed E-state index contributed by atoms with van der Waals surface area (Å²) in [4.78, 5) is 11.8. The molecule has 3 N–H and O–H groups in total. The van der Waals surface area contributed by atoms with Crippen LogP contribution < -0.4 is 0 Å². The number of carbonyl (C=O) groups is 1. The average molecular weight is 300 g/mol. The first-order chi connectivity index (χ1) is 10.2. The molecule has 0 bridgehead atoms. The maximum absolute atomic E-state index is 11.8. The van der Waals surface area contributed by atoms with E-state index in [1.165, 1.54) is 0 Å². The maximum Gasteiger partial charge on any atom is 0.315 e. The first-order valence-corrected chi connectivity index (χ1v) is 7.05. The van der Waals surface area contributed by atoms with Gasteiger partial charge in [-0.25, -0.2) is 0 Å². The molecule has 0 aliphatic rings. The number of carboxylic acid groups (broad SMARTS) is 1. The summed E-state index contributed by atoms with van der Waals surface area (Å²) < 4.78 is 0. The minimum absolute atomic E-state index is 0.186. The number of aryl methyl sites for hydroxylation is 4. The van der Waals surface area contributed by atoms with E-state index in [0.29, 0.717) is 33.4 Å². The molecule has 0 aliphatic carbocycles. The van der Waals surface area contributed by atoms with Crippen molar-refractivity contribution in [3.8, 4) is 11.5 Å². The van der Waals surface area contributed by atoms with Gasteiger partial charge in [0.25, 0.3) is 0 Å². The molecule has 0 heterocycles. The van der Waals surface area contributed by atoms with Crippen molar-refractivity contribution in [2.75, 3.05) is 0 Å². The van der Waals surface area contributed by atoms with Gasteiger partial charge in [0.15, 0.2) is 0 Å². The summed E-state index contributed by atoms with van der Waals surface area (Å²) >= 11 is 0. The molecular formula is C18H20O4. The molecule has 2 rings (SSSR count). The normalized spacial score (nSPS) is 11.0. The van der Waals surface area contributed by atoms with Crippen LogP contribution in [0.1, 0.15) is 39.3 Å². The summed E-state index contributed by atoms with van der Waals surface area (Å²) in [6.45, 7) is 6.99. The molecule has 0 aromatic heterocycles. The molecular weight excluding hydrogens is 280 g/mol. The number of aromatic hydroxyl groups is 2. The second-order valence-corrected chi connectivity index (χ2v) is 5.78. The molecule has 0 unspecified atom stereocenters. The summed E-state index contributed by atoms with van der Waals surface area (Å²) in [7, 11) is 0. The van der Waals surface area contributed by atoms with E-state index in [4.69, 9.17) is 0 Å². The fraction of sp³-hybridized carbons (Fsp3) is 0.278. The zero-order valence-electron chi connectivity index (χ0n) is 13.1. The highest BCUT2D eigenvalue weighted by Crippen LogP contribution is 2.34. The number of phenols is 2. The molecule has 2 aromatic carbocycles. The van der Waals surface area contributed by atoms with E-state index in [9.17, 15) is 20.1 Å². The van der Waals surface area contributed by atoms with Gasteiger partial charge in [-0.1, -0.05) is 24.3 Å². The zero-order valence-corrected chi connectivity index (χ0v) is 13.1. The predicted octanol–water partition coefficient (Wildman–Crippen LogP) is 3.55. The van der Waals surface area contributed by atoms with Crippen molar-refractivity contribution in [3.05, 3.63) is 57.6 Å². The molecule has 116 valence electrons. The molecule has 2 aromatic rings. The Kier molecular flexibility index (Phi) is 4.13. The monoisotopic (exact) mass is 300 g/mol. The van der Waals surface area contributed by atoms with E-state index < -0.39 is 11.9 Å². The van der Waals surface area contributed by atoms with Gasteiger partial charge in [-0.3, -0.25) is 4.79 Å². The third-order valence-corrected chi connectivity index (χ3v) is 3.94. The zero-order chi connectivity index (χ0) is 16.6. The summed E-state index contributed by atoms with van der Waals surface area (Å²) in [5, 5.41) is 29.4. The molecule has 4 heteroatoms. The van der Waals surface area contributed by atoms with Crippen LogP contribution in [0.2, 0.25) is 0 Å². The van der Waals surface area contributed by atoms with Gasteiger partial charge in [0, 0.05) is 0 Å². The van der Waals surface area contributed by atoms with E-state index in [-0.39, 0.29) is 11.5 Å². The highest BCUT2D eigenvalue weighted by Gasteiger charge is 2.24. The quantitative estimate of drug-likeness (QED) is 0.810. The SMILES string of the molecule is Cc1cc(C(C(=O)O)c2cc(C)c(O)c(C)c2)cc(C)c1O. The Hall–Kier alpha value is -2.49. The second-order valence-electron chi connectivity index (χ2n) is 5.78.